The third-order valence-electron chi connectivity index (χ3n) is 1.70. The average Bonchev–Trinajstić information content (AvgIpc) is 2.18. The second-order valence-electron chi connectivity index (χ2n) is 2.86. The van der Waals surface area contributed by atoms with Crippen molar-refractivity contribution >= 4 is 22.4 Å². The van der Waals surface area contributed by atoms with E-state index in [1.807, 2.05) is 25.2 Å². The van der Waals surface area contributed by atoms with Crippen molar-refractivity contribution in [2.75, 3.05) is 36.2 Å². The van der Waals surface area contributed by atoms with Crippen molar-refractivity contribution in [2.45, 2.75) is 0 Å². The number of pyridine rings is 1. The Kier molecular flexibility index (Phi) is 4.39. The maximum absolute atomic E-state index is 10.8. The van der Waals surface area contributed by atoms with Crippen molar-refractivity contribution in [3.05, 3.63) is 18.2 Å². The quantitative estimate of drug-likeness (QED) is 0.763. The summed E-state index contributed by atoms with van der Waals surface area (Å²) >= 11 is 0. The van der Waals surface area contributed by atoms with Crippen LogP contribution in [0.4, 0.5) is 11.6 Å². The Hall–Kier alpha value is -1.10. The minimum Gasteiger partial charge on any atom is -0.373 e. The normalized spacial score (nSPS) is 12.1. The lowest BCUT2D eigenvalue weighted by Gasteiger charge is -2.05. The van der Waals surface area contributed by atoms with Gasteiger partial charge in [-0.15, -0.1) is 0 Å². The molecular weight excluding hydrogens is 198 g/mol. The number of nitrogens with zero attached hydrogens (tertiary/aromatic N) is 1. The molecule has 78 valence electrons. The lowest BCUT2D eigenvalue weighted by Crippen LogP contribution is -2.11. The van der Waals surface area contributed by atoms with E-state index < -0.39 is 10.8 Å². The van der Waals surface area contributed by atoms with E-state index in [4.69, 9.17) is 0 Å². The smallest absolute Gasteiger partial charge is 0.128 e. The van der Waals surface area contributed by atoms with Gasteiger partial charge in [0.2, 0.25) is 0 Å². The summed E-state index contributed by atoms with van der Waals surface area (Å²) in [6.07, 6.45) is 1.69. The highest BCUT2D eigenvalue weighted by Crippen LogP contribution is 2.07. The zero-order chi connectivity index (χ0) is 10.4. The molecule has 0 aliphatic rings. The summed E-state index contributed by atoms with van der Waals surface area (Å²) in [6, 6.07) is 5.70. The Morgan fingerprint density at radius 3 is 2.79 bits per heavy atom. The lowest BCUT2D eigenvalue weighted by molar-refractivity contribution is 0.687. The number of anilines is 2. The molecule has 14 heavy (non-hydrogen) atoms. The highest BCUT2D eigenvalue weighted by Gasteiger charge is 1.95. The summed E-state index contributed by atoms with van der Waals surface area (Å²) < 4.78 is 10.8. The molecule has 1 unspecified atom stereocenters. The van der Waals surface area contributed by atoms with E-state index in [2.05, 4.69) is 15.6 Å². The number of aromatic nitrogens is 1. The van der Waals surface area contributed by atoms with Gasteiger partial charge in [-0.25, -0.2) is 4.98 Å². The molecule has 0 spiro atoms. The van der Waals surface area contributed by atoms with Gasteiger partial charge < -0.3 is 10.6 Å². The fourth-order valence-corrected chi connectivity index (χ4v) is 1.38. The minimum absolute atomic E-state index is 0.644. The van der Waals surface area contributed by atoms with Gasteiger partial charge in [0.1, 0.15) is 11.6 Å². The van der Waals surface area contributed by atoms with Crippen molar-refractivity contribution in [1.82, 2.24) is 4.98 Å². The van der Waals surface area contributed by atoms with Gasteiger partial charge >= 0.3 is 0 Å². The molecule has 1 heterocycles. The molecule has 5 heteroatoms. The van der Waals surface area contributed by atoms with Gasteiger partial charge in [0, 0.05) is 36.4 Å². The third kappa shape index (κ3) is 3.74. The summed E-state index contributed by atoms with van der Waals surface area (Å²) in [4.78, 5) is 4.27. The largest absolute Gasteiger partial charge is 0.373 e. The van der Waals surface area contributed by atoms with E-state index in [0.717, 1.165) is 11.6 Å². The van der Waals surface area contributed by atoms with Crippen LogP contribution in [0.25, 0.3) is 0 Å². The van der Waals surface area contributed by atoms with Crippen LogP contribution in [0.2, 0.25) is 0 Å². The molecule has 2 N–H and O–H groups in total. The van der Waals surface area contributed by atoms with Crippen LogP contribution in [0, 0.1) is 0 Å². The zero-order valence-electron chi connectivity index (χ0n) is 8.41. The molecule has 0 fully saturated rings. The Morgan fingerprint density at radius 2 is 2.14 bits per heavy atom. The van der Waals surface area contributed by atoms with E-state index in [9.17, 15) is 4.21 Å². The van der Waals surface area contributed by atoms with E-state index in [0.29, 0.717) is 12.3 Å². The van der Waals surface area contributed by atoms with Crippen molar-refractivity contribution in [2.24, 2.45) is 0 Å². The minimum atomic E-state index is -0.752. The molecule has 4 nitrogen and oxygen atoms in total. The summed E-state index contributed by atoms with van der Waals surface area (Å²) in [5, 5.41) is 6.06. The van der Waals surface area contributed by atoms with Gasteiger partial charge in [0.15, 0.2) is 0 Å². The summed E-state index contributed by atoms with van der Waals surface area (Å²) in [7, 11) is 1.07. The maximum atomic E-state index is 10.8. The SMILES string of the molecule is CNc1cccc(NCCS(C)=O)n1. The Morgan fingerprint density at radius 1 is 1.43 bits per heavy atom. The van der Waals surface area contributed by atoms with Crippen LogP contribution in [0.1, 0.15) is 0 Å². The average molecular weight is 213 g/mol. The molecule has 0 radical (unpaired) electrons. The second kappa shape index (κ2) is 5.59. The molecule has 1 aromatic rings. The number of nitrogens with one attached hydrogen (secondary N) is 2. The van der Waals surface area contributed by atoms with Gasteiger partial charge in [-0.05, 0) is 12.1 Å². The van der Waals surface area contributed by atoms with Gasteiger partial charge in [-0.2, -0.15) is 0 Å². The first-order chi connectivity index (χ1) is 6.72. The van der Waals surface area contributed by atoms with Crippen molar-refractivity contribution in [1.29, 1.82) is 0 Å². The van der Waals surface area contributed by atoms with E-state index in [1.165, 1.54) is 0 Å². The molecule has 0 saturated heterocycles. The van der Waals surface area contributed by atoms with Gasteiger partial charge in [0.05, 0.1) is 0 Å². The van der Waals surface area contributed by atoms with Crippen LogP contribution in [0.3, 0.4) is 0 Å². The predicted molar refractivity (Wildman–Crippen MR) is 61.2 cm³/mol. The number of hydrogen-bond donors (Lipinski definition) is 2. The van der Waals surface area contributed by atoms with Gasteiger partial charge in [-0.3, -0.25) is 4.21 Å². The van der Waals surface area contributed by atoms with Crippen LogP contribution < -0.4 is 10.6 Å². The predicted octanol–water partition coefficient (Wildman–Crippen LogP) is 0.914. The standard InChI is InChI=1S/C9H15N3OS/c1-10-8-4-3-5-9(12-8)11-6-7-14(2)13/h3-5H,6-7H2,1-2H3,(H2,10,11,12). The van der Waals surface area contributed by atoms with Crippen LogP contribution in [-0.2, 0) is 10.8 Å². The third-order valence-corrected chi connectivity index (χ3v) is 2.48. The number of rotatable bonds is 5. The molecule has 0 saturated carbocycles. The highest BCUT2D eigenvalue weighted by molar-refractivity contribution is 7.84. The monoisotopic (exact) mass is 213 g/mol. The molecule has 0 aliphatic carbocycles. The van der Waals surface area contributed by atoms with Crippen LogP contribution in [-0.4, -0.2) is 34.8 Å². The first-order valence-corrected chi connectivity index (χ1v) is 6.14. The molecule has 1 atom stereocenters. The lowest BCUT2D eigenvalue weighted by atomic mass is 10.4. The maximum Gasteiger partial charge on any atom is 0.128 e. The van der Waals surface area contributed by atoms with E-state index >= 15 is 0 Å². The zero-order valence-corrected chi connectivity index (χ0v) is 9.23. The molecule has 0 aromatic carbocycles. The van der Waals surface area contributed by atoms with Crippen molar-refractivity contribution in [3.63, 3.8) is 0 Å². The first-order valence-electron chi connectivity index (χ1n) is 4.41. The summed E-state index contributed by atoms with van der Waals surface area (Å²) in [5.41, 5.74) is 0. The Labute approximate surface area is 86.6 Å². The first kappa shape index (κ1) is 11.0. The summed E-state index contributed by atoms with van der Waals surface area (Å²) in [6.45, 7) is 0.684. The van der Waals surface area contributed by atoms with E-state index in [-0.39, 0.29) is 0 Å². The van der Waals surface area contributed by atoms with Crippen LogP contribution in [0.15, 0.2) is 18.2 Å². The van der Waals surface area contributed by atoms with Crippen LogP contribution in [0.5, 0.6) is 0 Å². The molecule has 0 bridgehead atoms. The fourth-order valence-electron chi connectivity index (χ4n) is 0.995. The van der Waals surface area contributed by atoms with Gasteiger partial charge in [-0.1, -0.05) is 6.07 Å². The Bertz CT molecular complexity index is 317. The topological polar surface area (TPSA) is 54.0 Å². The molecule has 1 rings (SSSR count). The molecule has 1 aromatic heterocycles. The van der Waals surface area contributed by atoms with E-state index in [1.54, 1.807) is 6.26 Å². The molecule has 0 aliphatic heterocycles. The number of hydrogen-bond acceptors (Lipinski definition) is 4. The van der Waals surface area contributed by atoms with Gasteiger partial charge in [0.25, 0.3) is 0 Å². The summed E-state index contributed by atoms with van der Waals surface area (Å²) in [5.74, 6) is 2.28. The van der Waals surface area contributed by atoms with Crippen molar-refractivity contribution in [3.8, 4) is 0 Å². The Balaban J connectivity index is 2.46. The van der Waals surface area contributed by atoms with Crippen molar-refractivity contribution < 1.29 is 4.21 Å². The highest BCUT2D eigenvalue weighted by atomic mass is 32.2. The molecule has 0 amide bonds. The van der Waals surface area contributed by atoms with Crippen LogP contribution >= 0.6 is 0 Å². The molecular formula is C9H15N3OS. The fraction of sp³-hybridized carbons (Fsp3) is 0.444. The second-order valence-corrected chi connectivity index (χ2v) is 4.42.